The van der Waals surface area contributed by atoms with Crippen LogP contribution in [0.4, 0.5) is 0 Å². The van der Waals surface area contributed by atoms with Crippen molar-refractivity contribution in [3.05, 3.63) is 34.9 Å². The topological polar surface area (TPSA) is 26.3 Å². The van der Waals surface area contributed by atoms with Crippen LogP contribution in [0.25, 0.3) is 0 Å². The van der Waals surface area contributed by atoms with Crippen molar-refractivity contribution in [2.24, 2.45) is 5.92 Å². The van der Waals surface area contributed by atoms with Gasteiger partial charge in [0.15, 0.2) is 5.78 Å². The van der Waals surface area contributed by atoms with E-state index in [-0.39, 0.29) is 11.9 Å². The molecule has 0 bridgehead atoms. The average molecular weight is 286 g/mol. The Labute approximate surface area is 127 Å². The van der Waals surface area contributed by atoms with Crippen molar-refractivity contribution >= 4 is 5.78 Å². The first-order valence-corrected chi connectivity index (χ1v) is 8.44. The molecule has 2 heteroatoms. The van der Waals surface area contributed by atoms with E-state index in [9.17, 15) is 4.79 Å². The van der Waals surface area contributed by atoms with Crippen LogP contribution in [-0.2, 0) is 28.8 Å². The summed E-state index contributed by atoms with van der Waals surface area (Å²) in [5, 5.41) is 0. The number of carbonyl (C=O) groups is 1. The third kappa shape index (κ3) is 3.37. The Hall–Kier alpha value is -1.15. The first-order chi connectivity index (χ1) is 10.3. The summed E-state index contributed by atoms with van der Waals surface area (Å²) in [6.45, 7) is 0. The quantitative estimate of drug-likeness (QED) is 0.821. The molecule has 114 valence electrons. The monoisotopic (exact) mass is 286 g/mol. The Bertz CT molecular complexity index is 500. The van der Waals surface area contributed by atoms with Crippen LogP contribution in [0.5, 0.6) is 0 Å². The van der Waals surface area contributed by atoms with Gasteiger partial charge >= 0.3 is 0 Å². The molecule has 21 heavy (non-hydrogen) atoms. The summed E-state index contributed by atoms with van der Waals surface area (Å²) in [5.74, 6) is 0.702. The number of ether oxygens (including phenoxy) is 1. The number of Topliss-reactive ketones (excluding diaryl/α,β-unsaturated/α-hetero) is 1. The molecule has 0 saturated heterocycles. The largest absolute Gasteiger partial charge is 0.373 e. The number of ketones is 1. The zero-order chi connectivity index (χ0) is 14.7. The number of carbonyl (C=O) groups excluding carboxylic acids is 1. The van der Waals surface area contributed by atoms with Crippen molar-refractivity contribution in [1.29, 1.82) is 0 Å². The van der Waals surface area contributed by atoms with E-state index < -0.39 is 0 Å². The van der Waals surface area contributed by atoms with Gasteiger partial charge < -0.3 is 4.74 Å². The van der Waals surface area contributed by atoms with Gasteiger partial charge in [0.25, 0.3) is 0 Å². The minimum Gasteiger partial charge on any atom is -0.373 e. The molecule has 1 fully saturated rings. The third-order valence-electron chi connectivity index (χ3n) is 5.19. The fourth-order valence-electron chi connectivity index (χ4n) is 4.06. The molecule has 0 heterocycles. The van der Waals surface area contributed by atoms with Gasteiger partial charge in [-0.25, -0.2) is 0 Å². The van der Waals surface area contributed by atoms with Gasteiger partial charge in [0, 0.05) is 13.5 Å². The van der Waals surface area contributed by atoms with E-state index in [0.717, 1.165) is 12.8 Å². The van der Waals surface area contributed by atoms with E-state index in [1.807, 2.05) is 0 Å². The number of aryl methyl sites for hydroxylation is 2. The van der Waals surface area contributed by atoms with Gasteiger partial charge in [0.1, 0.15) is 6.10 Å². The number of hydrogen-bond acceptors (Lipinski definition) is 2. The molecule has 0 spiro atoms. The normalized spacial score (nSPS) is 20.2. The number of fused-ring (bicyclic) bond motifs is 1. The molecule has 2 aliphatic rings. The van der Waals surface area contributed by atoms with Crippen molar-refractivity contribution in [3.63, 3.8) is 0 Å². The van der Waals surface area contributed by atoms with Crippen LogP contribution in [0.1, 0.15) is 55.2 Å². The van der Waals surface area contributed by atoms with Crippen molar-refractivity contribution < 1.29 is 9.53 Å². The SMILES string of the molecule is COC(C(=O)Cc1ccc2c(c1)CCC2)C1CCCCC1. The minimum absolute atomic E-state index is 0.196. The fraction of sp³-hybridized carbons (Fsp3) is 0.632. The number of rotatable bonds is 5. The molecule has 1 aromatic rings. The third-order valence-corrected chi connectivity index (χ3v) is 5.19. The summed E-state index contributed by atoms with van der Waals surface area (Å²) in [6.07, 6.45) is 10.1. The lowest BCUT2D eigenvalue weighted by Crippen LogP contribution is -2.34. The lowest BCUT2D eigenvalue weighted by atomic mass is 9.82. The Balaban J connectivity index is 1.66. The van der Waals surface area contributed by atoms with Gasteiger partial charge in [-0.15, -0.1) is 0 Å². The predicted octanol–water partition coefficient (Wildman–Crippen LogP) is 3.88. The van der Waals surface area contributed by atoms with Gasteiger partial charge in [0.2, 0.25) is 0 Å². The van der Waals surface area contributed by atoms with E-state index in [1.54, 1.807) is 7.11 Å². The van der Waals surface area contributed by atoms with Crippen LogP contribution in [0.2, 0.25) is 0 Å². The molecule has 0 aromatic heterocycles. The molecule has 1 atom stereocenters. The number of hydrogen-bond donors (Lipinski definition) is 0. The maximum Gasteiger partial charge on any atom is 0.166 e. The lowest BCUT2D eigenvalue weighted by molar-refractivity contribution is -0.132. The van der Waals surface area contributed by atoms with Gasteiger partial charge in [-0.1, -0.05) is 37.5 Å². The van der Waals surface area contributed by atoms with Crippen molar-refractivity contribution in [2.75, 3.05) is 7.11 Å². The molecule has 2 aliphatic carbocycles. The van der Waals surface area contributed by atoms with Gasteiger partial charge in [-0.3, -0.25) is 4.79 Å². The number of benzene rings is 1. The zero-order valence-electron chi connectivity index (χ0n) is 13.1. The van der Waals surface area contributed by atoms with Crippen molar-refractivity contribution in [2.45, 2.75) is 63.9 Å². The second kappa shape index (κ2) is 6.74. The molecule has 1 aromatic carbocycles. The van der Waals surface area contributed by atoms with Crippen LogP contribution >= 0.6 is 0 Å². The number of methoxy groups -OCH3 is 1. The standard InChI is InChI=1S/C19H26O2/c1-21-19(16-6-3-2-4-7-16)18(20)13-14-10-11-15-8-5-9-17(15)12-14/h10-12,16,19H,2-9,13H2,1H3. The molecule has 3 rings (SSSR count). The van der Waals surface area contributed by atoms with E-state index >= 15 is 0 Å². The van der Waals surface area contributed by atoms with E-state index in [4.69, 9.17) is 4.74 Å². The Morgan fingerprint density at radius 1 is 1.14 bits per heavy atom. The Kier molecular flexibility index (Phi) is 4.74. The predicted molar refractivity (Wildman–Crippen MR) is 84.6 cm³/mol. The van der Waals surface area contributed by atoms with Crippen molar-refractivity contribution in [3.8, 4) is 0 Å². The average Bonchev–Trinajstić information content (AvgIpc) is 2.96. The summed E-state index contributed by atoms with van der Waals surface area (Å²) < 4.78 is 5.57. The van der Waals surface area contributed by atoms with Gasteiger partial charge in [-0.2, -0.15) is 0 Å². The molecule has 1 saturated carbocycles. The molecular weight excluding hydrogens is 260 g/mol. The highest BCUT2D eigenvalue weighted by Gasteiger charge is 2.29. The summed E-state index contributed by atoms with van der Waals surface area (Å²) in [5.41, 5.74) is 4.09. The first kappa shape index (κ1) is 14.8. The molecule has 0 amide bonds. The van der Waals surface area contributed by atoms with E-state index in [0.29, 0.717) is 12.3 Å². The Morgan fingerprint density at radius 3 is 2.67 bits per heavy atom. The maximum atomic E-state index is 12.6. The summed E-state index contributed by atoms with van der Waals surface area (Å²) in [7, 11) is 1.69. The highest BCUT2D eigenvalue weighted by molar-refractivity contribution is 5.85. The zero-order valence-corrected chi connectivity index (χ0v) is 13.1. The smallest absolute Gasteiger partial charge is 0.166 e. The van der Waals surface area contributed by atoms with Crippen molar-refractivity contribution in [1.82, 2.24) is 0 Å². The van der Waals surface area contributed by atoms with E-state index in [1.165, 1.54) is 55.2 Å². The van der Waals surface area contributed by atoms with Gasteiger partial charge in [-0.05, 0) is 54.7 Å². The molecule has 0 radical (unpaired) electrons. The second-order valence-electron chi connectivity index (χ2n) is 6.65. The second-order valence-corrected chi connectivity index (χ2v) is 6.65. The summed E-state index contributed by atoms with van der Waals surface area (Å²) in [6, 6.07) is 6.59. The molecule has 0 N–H and O–H groups in total. The lowest BCUT2D eigenvalue weighted by Gasteiger charge is -2.28. The first-order valence-electron chi connectivity index (χ1n) is 8.44. The highest BCUT2D eigenvalue weighted by Crippen LogP contribution is 2.29. The van der Waals surface area contributed by atoms with Crippen LogP contribution in [0.3, 0.4) is 0 Å². The van der Waals surface area contributed by atoms with E-state index in [2.05, 4.69) is 18.2 Å². The van der Waals surface area contributed by atoms with Crippen LogP contribution < -0.4 is 0 Å². The molecule has 0 aliphatic heterocycles. The van der Waals surface area contributed by atoms with Crippen LogP contribution in [0.15, 0.2) is 18.2 Å². The maximum absolute atomic E-state index is 12.6. The summed E-state index contributed by atoms with van der Waals surface area (Å²) in [4.78, 5) is 12.6. The molecule has 2 nitrogen and oxygen atoms in total. The molecular formula is C19H26O2. The minimum atomic E-state index is -0.196. The fourth-order valence-corrected chi connectivity index (χ4v) is 4.06. The van der Waals surface area contributed by atoms with Crippen LogP contribution in [0, 0.1) is 5.92 Å². The molecule has 1 unspecified atom stereocenters. The van der Waals surface area contributed by atoms with Gasteiger partial charge in [0.05, 0.1) is 0 Å². The summed E-state index contributed by atoms with van der Waals surface area (Å²) >= 11 is 0. The Morgan fingerprint density at radius 2 is 1.90 bits per heavy atom. The van der Waals surface area contributed by atoms with Crippen LogP contribution in [-0.4, -0.2) is 19.0 Å². The highest BCUT2D eigenvalue weighted by atomic mass is 16.5.